The molecule has 0 amide bonds. The minimum Gasteiger partial charge on any atom is -0.326 e. The number of nitrogens with zero attached hydrogens (tertiary/aromatic N) is 2. The lowest BCUT2D eigenvalue weighted by molar-refractivity contribution is 0.319. The molecule has 5 heteroatoms. The molecule has 0 aliphatic heterocycles. The van der Waals surface area contributed by atoms with Gasteiger partial charge in [-0.2, -0.15) is 0 Å². The molecule has 0 saturated heterocycles. The van der Waals surface area contributed by atoms with Crippen LogP contribution in [0.2, 0.25) is 0 Å². The number of rotatable bonds is 3. The molecule has 0 bridgehead atoms. The van der Waals surface area contributed by atoms with Crippen LogP contribution >= 0.6 is 34.2 Å². The van der Waals surface area contributed by atoms with Crippen LogP contribution in [0.1, 0.15) is 50.2 Å². The van der Waals surface area contributed by atoms with Crippen molar-refractivity contribution in [1.82, 2.24) is 9.55 Å². The van der Waals surface area contributed by atoms with Gasteiger partial charge in [-0.05, 0) is 54.3 Å². The van der Waals surface area contributed by atoms with Crippen molar-refractivity contribution < 1.29 is 4.39 Å². The van der Waals surface area contributed by atoms with Gasteiger partial charge in [0, 0.05) is 12.6 Å². The molecule has 1 saturated carbocycles. The standard InChI is InChI=1S/C16H19ClFIN2/c1-10(17)16-20-14-8-13(19)12(18)7-15(14)21(16)9-11-5-3-2-4-6-11/h7-8,10-11H,2-6,9H2,1H3. The van der Waals surface area contributed by atoms with Crippen LogP contribution in [0.25, 0.3) is 11.0 Å². The van der Waals surface area contributed by atoms with E-state index < -0.39 is 0 Å². The maximum Gasteiger partial charge on any atom is 0.138 e. The van der Waals surface area contributed by atoms with Gasteiger partial charge in [0.1, 0.15) is 11.6 Å². The molecule has 0 radical (unpaired) electrons. The molecule has 1 unspecified atom stereocenters. The van der Waals surface area contributed by atoms with E-state index >= 15 is 0 Å². The van der Waals surface area contributed by atoms with Crippen molar-refractivity contribution in [3.05, 3.63) is 27.3 Å². The molecule has 1 fully saturated rings. The van der Waals surface area contributed by atoms with E-state index in [9.17, 15) is 4.39 Å². The Kier molecular flexibility index (Phi) is 4.74. The van der Waals surface area contributed by atoms with E-state index in [2.05, 4.69) is 9.55 Å². The molecule has 21 heavy (non-hydrogen) atoms. The summed E-state index contributed by atoms with van der Waals surface area (Å²) >= 11 is 8.31. The fourth-order valence-electron chi connectivity index (χ4n) is 3.26. The Hall–Kier alpha value is -0.360. The number of benzene rings is 1. The van der Waals surface area contributed by atoms with Crippen LogP contribution < -0.4 is 0 Å². The summed E-state index contributed by atoms with van der Waals surface area (Å²) in [5.41, 5.74) is 1.72. The Balaban J connectivity index is 2.04. The number of alkyl halides is 1. The van der Waals surface area contributed by atoms with Crippen molar-refractivity contribution in [2.45, 2.75) is 50.9 Å². The number of fused-ring (bicyclic) bond motifs is 1. The van der Waals surface area contributed by atoms with Crippen molar-refractivity contribution in [3.63, 3.8) is 0 Å². The maximum atomic E-state index is 13.9. The van der Waals surface area contributed by atoms with Gasteiger partial charge in [0.2, 0.25) is 0 Å². The summed E-state index contributed by atoms with van der Waals surface area (Å²) < 4.78 is 16.7. The average molecular weight is 421 g/mol. The van der Waals surface area contributed by atoms with Crippen LogP contribution in [0.3, 0.4) is 0 Å². The van der Waals surface area contributed by atoms with E-state index in [-0.39, 0.29) is 11.2 Å². The maximum absolute atomic E-state index is 13.9. The van der Waals surface area contributed by atoms with E-state index in [1.54, 1.807) is 6.07 Å². The van der Waals surface area contributed by atoms with Crippen LogP contribution in [0, 0.1) is 15.3 Å². The predicted molar refractivity (Wildman–Crippen MR) is 93.3 cm³/mol. The molecule has 2 nitrogen and oxygen atoms in total. The van der Waals surface area contributed by atoms with Crippen LogP contribution in [0.5, 0.6) is 0 Å². The third-order valence-electron chi connectivity index (χ3n) is 4.34. The minimum atomic E-state index is -0.179. The third-order valence-corrected chi connectivity index (χ3v) is 5.36. The van der Waals surface area contributed by atoms with Crippen molar-refractivity contribution in [2.75, 3.05) is 0 Å². The van der Waals surface area contributed by atoms with Crippen LogP contribution in [-0.2, 0) is 6.54 Å². The summed E-state index contributed by atoms with van der Waals surface area (Å²) in [6, 6.07) is 3.42. The molecular formula is C16H19ClFIN2. The molecule has 2 aromatic rings. The highest BCUT2D eigenvalue weighted by Crippen LogP contribution is 2.31. The van der Waals surface area contributed by atoms with Crippen LogP contribution in [0.4, 0.5) is 4.39 Å². The number of aromatic nitrogens is 2. The Morgan fingerprint density at radius 2 is 2.10 bits per heavy atom. The van der Waals surface area contributed by atoms with E-state index in [4.69, 9.17) is 11.6 Å². The van der Waals surface area contributed by atoms with Gasteiger partial charge in [-0.3, -0.25) is 0 Å². The second-order valence-electron chi connectivity index (χ2n) is 5.96. The number of imidazole rings is 1. The zero-order chi connectivity index (χ0) is 15.0. The van der Waals surface area contributed by atoms with Gasteiger partial charge < -0.3 is 4.57 Å². The molecule has 1 atom stereocenters. The molecule has 114 valence electrons. The summed E-state index contributed by atoms with van der Waals surface area (Å²) in [5, 5.41) is -0.165. The highest BCUT2D eigenvalue weighted by Gasteiger charge is 2.21. The van der Waals surface area contributed by atoms with Gasteiger partial charge in [-0.15, -0.1) is 11.6 Å². The first-order valence-corrected chi connectivity index (χ1v) is 9.07. The highest BCUT2D eigenvalue weighted by molar-refractivity contribution is 14.1. The Morgan fingerprint density at radius 1 is 1.38 bits per heavy atom. The molecular weight excluding hydrogens is 402 g/mol. The molecule has 1 aliphatic rings. The Labute approximate surface area is 143 Å². The summed E-state index contributed by atoms with van der Waals surface area (Å²) in [4.78, 5) is 4.64. The summed E-state index contributed by atoms with van der Waals surface area (Å²) in [5.74, 6) is 1.34. The molecule has 1 aromatic carbocycles. The molecule has 3 rings (SSSR count). The topological polar surface area (TPSA) is 17.8 Å². The zero-order valence-corrected chi connectivity index (χ0v) is 15.0. The lowest BCUT2D eigenvalue weighted by Crippen LogP contribution is -2.16. The van der Waals surface area contributed by atoms with Crippen molar-refractivity contribution in [2.24, 2.45) is 5.92 Å². The van der Waals surface area contributed by atoms with Gasteiger partial charge in [0.25, 0.3) is 0 Å². The molecule has 1 aliphatic carbocycles. The molecule has 1 heterocycles. The van der Waals surface area contributed by atoms with Gasteiger partial charge in [-0.1, -0.05) is 19.3 Å². The van der Waals surface area contributed by atoms with Crippen molar-refractivity contribution in [1.29, 1.82) is 0 Å². The van der Waals surface area contributed by atoms with E-state index in [1.165, 1.54) is 32.1 Å². The quantitative estimate of drug-likeness (QED) is 0.463. The number of hydrogen-bond donors (Lipinski definition) is 0. The minimum absolute atomic E-state index is 0.165. The van der Waals surface area contributed by atoms with Gasteiger partial charge in [-0.25, -0.2) is 9.37 Å². The van der Waals surface area contributed by atoms with Crippen molar-refractivity contribution >= 4 is 45.2 Å². The van der Waals surface area contributed by atoms with Gasteiger partial charge in [0.05, 0.1) is 20.0 Å². The van der Waals surface area contributed by atoms with Crippen LogP contribution in [0.15, 0.2) is 12.1 Å². The first-order chi connectivity index (χ1) is 10.1. The first-order valence-electron chi connectivity index (χ1n) is 7.55. The monoisotopic (exact) mass is 420 g/mol. The largest absolute Gasteiger partial charge is 0.326 e. The Bertz CT molecular complexity index is 647. The van der Waals surface area contributed by atoms with E-state index in [0.29, 0.717) is 9.49 Å². The summed E-state index contributed by atoms with van der Waals surface area (Å²) in [6.07, 6.45) is 6.45. The average Bonchev–Trinajstić information content (AvgIpc) is 2.79. The fraction of sp³-hybridized carbons (Fsp3) is 0.562. The first kappa shape index (κ1) is 15.5. The zero-order valence-electron chi connectivity index (χ0n) is 12.1. The lowest BCUT2D eigenvalue weighted by Gasteiger charge is -2.23. The molecule has 1 aromatic heterocycles. The SMILES string of the molecule is CC(Cl)c1nc2cc(I)c(F)cc2n1CC1CCCCC1. The molecule has 0 spiro atoms. The van der Waals surface area contributed by atoms with E-state index in [1.807, 2.05) is 35.6 Å². The molecule has 0 N–H and O–H groups in total. The van der Waals surface area contributed by atoms with Gasteiger partial charge >= 0.3 is 0 Å². The predicted octanol–water partition coefficient (Wildman–Crippen LogP) is 5.66. The van der Waals surface area contributed by atoms with E-state index in [0.717, 1.165) is 23.4 Å². The lowest BCUT2D eigenvalue weighted by atomic mass is 9.89. The van der Waals surface area contributed by atoms with Gasteiger partial charge in [0.15, 0.2) is 0 Å². The van der Waals surface area contributed by atoms with Crippen molar-refractivity contribution in [3.8, 4) is 0 Å². The third kappa shape index (κ3) is 3.21. The second-order valence-corrected chi connectivity index (χ2v) is 7.77. The summed E-state index contributed by atoms with van der Waals surface area (Å²) in [6.45, 7) is 2.84. The second kappa shape index (κ2) is 6.41. The fourth-order valence-corrected chi connectivity index (χ4v) is 3.88. The number of hydrogen-bond acceptors (Lipinski definition) is 1. The normalized spacial score (nSPS) is 18.3. The van der Waals surface area contributed by atoms with Crippen LogP contribution in [-0.4, -0.2) is 9.55 Å². The highest BCUT2D eigenvalue weighted by atomic mass is 127. The smallest absolute Gasteiger partial charge is 0.138 e. The summed E-state index contributed by atoms with van der Waals surface area (Å²) in [7, 11) is 0. The number of halogens is 3. The Morgan fingerprint density at radius 3 is 2.76 bits per heavy atom.